The molecule has 0 saturated carbocycles. The summed E-state index contributed by atoms with van der Waals surface area (Å²) in [5.41, 5.74) is 9.37. The number of aromatic nitrogens is 3. The second kappa shape index (κ2) is 5.91. The molecular weight excluding hydrogens is 374 g/mol. The fourth-order valence-corrected chi connectivity index (χ4v) is 5.41. The highest BCUT2D eigenvalue weighted by molar-refractivity contribution is 6.20. The molecule has 0 spiro atoms. The first-order valence-electron chi connectivity index (χ1n) is 10.7. The quantitative estimate of drug-likeness (QED) is 0.495. The van der Waals surface area contributed by atoms with Crippen LogP contribution in [0, 0.1) is 5.92 Å². The molecular formula is C25H23N3O2. The van der Waals surface area contributed by atoms with E-state index < -0.39 is 0 Å². The number of hydrogen-bond donors (Lipinski definition) is 1. The van der Waals surface area contributed by atoms with Crippen LogP contribution >= 0.6 is 0 Å². The topological polar surface area (TPSA) is 67.8 Å². The molecule has 1 N–H and O–H groups in total. The van der Waals surface area contributed by atoms with Crippen molar-refractivity contribution in [3.63, 3.8) is 0 Å². The monoisotopic (exact) mass is 397 g/mol. The predicted octanol–water partition coefficient (Wildman–Crippen LogP) is 4.79. The van der Waals surface area contributed by atoms with Gasteiger partial charge in [0.05, 0.1) is 11.2 Å². The van der Waals surface area contributed by atoms with Crippen LogP contribution in [0.25, 0.3) is 32.9 Å². The Morgan fingerprint density at radius 2 is 1.90 bits per heavy atom. The number of aryl methyl sites for hydroxylation is 4. The third-order valence-electron chi connectivity index (χ3n) is 6.73. The van der Waals surface area contributed by atoms with Crippen LogP contribution < -0.4 is 0 Å². The first-order chi connectivity index (χ1) is 14.4. The number of fused-ring (bicyclic) bond motifs is 10. The molecule has 6 rings (SSSR count). The third-order valence-corrected chi connectivity index (χ3v) is 6.73. The number of carbonyl (C=O) groups is 2. The number of carbonyl (C=O) groups excluding carboxylic acids is 2. The first kappa shape index (κ1) is 17.6. The van der Waals surface area contributed by atoms with Gasteiger partial charge in [-0.05, 0) is 48.6 Å². The minimum Gasteiger partial charge on any atom is -0.354 e. The summed E-state index contributed by atoms with van der Waals surface area (Å²) in [6.45, 7) is 3.86. The van der Waals surface area contributed by atoms with Crippen LogP contribution in [0.2, 0.25) is 0 Å². The van der Waals surface area contributed by atoms with E-state index in [1.165, 1.54) is 5.56 Å². The van der Waals surface area contributed by atoms with E-state index in [9.17, 15) is 9.59 Å². The lowest BCUT2D eigenvalue weighted by Gasteiger charge is -2.20. The molecule has 4 aromatic rings. The van der Waals surface area contributed by atoms with E-state index in [0.717, 1.165) is 74.6 Å². The lowest BCUT2D eigenvalue weighted by Crippen LogP contribution is -2.09. The van der Waals surface area contributed by atoms with Gasteiger partial charge in [-0.15, -0.1) is 0 Å². The molecule has 2 aromatic heterocycles. The van der Waals surface area contributed by atoms with Crippen molar-refractivity contribution >= 4 is 33.4 Å². The SMILES string of the molecule is CC(C)C(=O)c1ccc2[nH]c3c4c(c5c(c3c2c1)CCC5=O)-c1cn(C)nc1CC4. The number of Topliss-reactive ketones (excluding diaryl/α,β-unsaturated/α-hetero) is 2. The van der Waals surface area contributed by atoms with Crippen molar-refractivity contribution in [2.45, 2.75) is 39.5 Å². The molecule has 30 heavy (non-hydrogen) atoms. The molecule has 0 saturated heterocycles. The number of H-pyrrole nitrogens is 1. The second-order valence-corrected chi connectivity index (χ2v) is 8.95. The van der Waals surface area contributed by atoms with E-state index in [2.05, 4.69) is 10.1 Å². The summed E-state index contributed by atoms with van der Waals surface area (Å²) < 4.78 is 1.85. The molecule has 2 heterocycles. The first-order valence-corrected chi connectivity index (χ1v) is 10.7. The van der Waals surface area contributed by atoms with Gasteiger partial charge in [-0.2, -0.15) is 5.10 Å². The van der Waals surface area contributed by atoms with Crippen LogP contribution in [0.3, 0.4) is 0 Å². The largest absolute Gasteiger partial charge is 0.354 e. The Morgan fingerprint density at radius 3 is 2.70 bits per heavy atom. The highest BCUT2D eigenvalue weighted by Gasteiger charge is 2.34. The lowest BCUT2D eigenvalue weighted by molar-refractivity contribution is 0.0938. The van der Waals surface area contributed by atoms with Crippen LogP contribution in [0.15, 0.2) is 24.4 Å². The van der Waals surface area contributed by atoms with Gasteiger partial charge < -0.3 is 4.98 Å². The Bertz CT molecular complexity index is 1420. The molecule has 0 radical (unpaired) electrons. The molecule has 5 nitrogen and oxygen atoms in total. The van der Waals surface area contributed by atoms with Gasteiger partial charge in [0.25, 0.3) is 0 Å². The summed E-state index contributed by atoms with van der Waals surface area (Å²) in [4.78, 5) is 29.3. The summed E-state index contributed by atoms with van der Waals surface area (Å²) in [5, 5.41) is 6.82. The molecule has 2 aromatic carbocycles. The highest BCUT2D eigenvalue weighted by Crippen LogP contribution is 2.46. The van der Waals surface area contributed by atoms with Crippen molar-refractivity contribution in [3.8, 4) is 11.1 Å². The summed E-state index contributed by atoms with van der Waals surface area (Å²) in [5.74, 6) is 0.331. The Kier molecular flexibility index (Phi) is 3.47. The van der Waals surface area contributed by atoms with Crippen LogP contribution in [-0.4, -0.2) is 26.3 Å². The van der Waals surface area contributed by atoms with Gasteiger partial charge in [0.2, 0.25) is 0 Å². The van der Waals surface area contributed by atoms with E-state index in [1.54, 1.807) is 0 Å². The zero-order chi connectivity index (χ0) is 20.7. The summed E-state index contributed by atoms with van der Waals surface area (Å²) >= 11 is 0. The fourth-order valence-electron chi connectivity index (χ4n) is 5.41. The van der Waals surface area contributed by atoms with Crippen LogP contribution in [0.1, 0.15) is 57.8 Å². The highest BCUT2D eigenvalue weighted by atomic mass is 16.1. The number of benzene rings is 2. The number of nitrogens with one attached hydrogen (secondary N) is 1. The number of hydrogen-bond acceptors (Lipinski definition) is 3. The smallest absolute Gasteiger partial charge is 0.165 e. The number of nitrogens with zero attached hydrogens (tertiary/aromatic N) is 2. The molecule has 0 amide bonds. The number of rotatable bonds is 2. The molecule has 150 valence electrons. The van der Waals surface area contributed by atoms with Crippen molar-refractivity contribution in [1.29, 1.82) is 0 Å². The van der Waals surface area contributed by atoms with Crippen molar-refractivity contribution in [3.05, 3.63) is 52.3 Å². The standard InChI is InChI=1S/C25H23N3O2/c1-12(2)25(30)13-4-7-18-16(10-13)22-14-6-9-20(29)23(14)21-15(24(22)26-18)5-8-19-17(21)11-28(3)27-19/h4,7,10-12,26H,5-6,8-9H2,1-3H3. The van der Waals surface area contributed by atoms with Gasteiger partial charge >= 0.3 is 0 Å². The number of aromatic amines is 1. The Hall–Kier alpha value is -3.21. The molecule has 0 aliphatic heterocycles. The van der Waals surface area contributed by atoms with Crippen LogP contribution in [0.4, 0.5) is 0 Å². The van der Waals surface area contributed by atoms with Crippen LogP contribution in [0.5, 0.6) is 0 Å². The van der Waals surface area contributed by atoms with Gasteiger partial charge in [0.1, 0.15) is 0 Å². The third kappa shape index (κ3) is 2.20. The molecule has 0 fully saturated rings. The molecule has 0 unspecified atom stereocenters. The van der Waals surface area contributed by atoms with E-state index in [0.29, 0.717) is 6.42 Å². The van der Waals surface area contributed by atoms with E-state index in [4.69, 9.17) is 0 Å². The fraction of sp³-hybridized carbons (Fsp3) is 0.320. The normalized spacial score (nSPS) is 15.1. The van der Waals surface area contributed by atoms with Gasteiger partial charge in [-0.3, -0.25) is 14.3 Å². The van der Waals surface area contributed by atoms with Gasteiger partial charge in [0.15, 0.2) is 11.6 Å². The van der Waals surface area contributed by atoms with Crippen LogP contribution in [-0.2, 0) is 26.3 Å². The minimum atomic E-state index is -0.0447. The molecule has 0 bridgehead atoms. The van der Waals surface area contributed by atoms with Crippen molar-refractivity contribution in [2.75, 3.05) is 0 Å². The maximum Gasteiger partial charge on any atom is 0.165 e. The van der Waals surface area contributed by atoms with Gasteiger partial charge in [-0.25, -0.2) is 0 Å². The Morgan fingerprint density at radius 1 is 1.10 bits per heavy atom. The van der Waals surface area contributed by atoms with Gasteiger partial charge in [-0.1, -0.05) is 13.8 Å². The molecule has 2 aliphatic rings. The molecule has 2 aliphatic carbocycles. The summed E-state index contributed by atoms with van der Waals surface area (Å²) in [6, 6.07) is 5.94. The Labute approximate surface area is 174 Å². The maximum absolute atomic E-state index is 13.0. The zero-order valence-electron chi connectivity index (χ0n) is 17.4. The van der Waals surface area contributed by atoms with E-state index >= 15 is 0 Å². The summed E-state index contributed by atoms with van der Waals surface area (Å²) in [7, 11) is 1.94. The molecule has 0 atom stereocenters. The van der Waals surface area contributed by atoms with Crippen molar-refractivity contribution in [2.24, 2.45) is 13.0 Å². The average molecular weight is 397 g/mol. The Balaban J connectivity index is 1.74. The average Bonchev–Trinajstić information content (AvgIpc) is 3.40. The maximum atomic E-state index is 13.0. The second-order valence-electron chi connectivity index (χ2n) is 8.95. The number of ketones is 2. The minimum absolute atomic E-state index is 0.0447. The predicted molar refractivity (Wildman–Crippen MR) is 117 cm³/mol. The van der Waals surface area contributed by atoms with Gasteiger partial charge in [0, 0.05) is 64.1 Å². The van der Waals surface area contributed by atoms with Crippen molar-refractivity contribution < 1.29 is 9.59 Å². The van der Waals surface area contributed by atoms with Crippen molar-refractivity contribution in [1.82, 2.24) is 14.8 Å². The molecule has 5 heteroatoms. The summed E-state index contributed by atoms with van der Waals surface area (Å²) in [6.07, 6.45) is 5.09. The zero-order valence-corrected chi connectivity index (χ0v) is 17.4. The van der Waals surface area contributed by atoms with E-state index in [-0.39, 0.29) is 17.5 Å². The lowest BCUT2D eigenvalue weighted by atomic mass is 9.82. The van der Waals surface area contributed by atoms with E-state index in [1.807, 2.05) is 50.0 Å².